The average Bonchev–Trinajstić information content (AvgIpc) is 2.36. The van der Waals surface area contributed by atoms with Crippen molar-refractivity contribution in [1.82, 2.24) is 5.32 Å². The van der Waals surface area contributed by atoms with Gasteiger partial charge in [0.1, 0.15) is 0 Å². The first-order valence-electron chi connectivity index (χ1n) is 7.50. The monoisotopic (exact) mass is 290 g/mol. The quantitative estimate of drug-likeness (QED) is 0.789. The van der Waals surface area contributed by atoms with Gasteiger partial charge in [-0.05, 0) is 45.4 Å². The number of hydrogen-bond acceptors (Lipinski definition) is 2. The topological polar surface area (TPSA) is 55.1 Å². The molecule has 1 rings (SSSR count). The van der Waals surface area contributed by atoms with E-state index in [0.29, 0.717) is 6.54 Å². The van der Waals surface area contributed by atoms with Crippen LogP contribution in [0.25, 0.3) is 0 Å². The highest BCUT2D eigenvalue weighted by atomic mass is 35.5. The summed E-state index contributed by atoms with van der Waals surface area (Å²) >= 11 is 0. The molecule has 0 unspecified atom stereocenters. The molecule has 114 valence electrons. The number of nitrogens with two attached hydrogens (primary N) is 1. The molecule has 3 nitrogen and oxygen atoms in total. The second-order valence-electron chi connectivity index (χ2n) is 6.44. The number of nitrogens with one attached hydrogen (secondary N) is 1. The fourth-order valence-electron chi connectivity index (χ4n) is 2.69. The predicted octanol–water partition coefficient (Wildman–Crippen LogP) is 3.26. The molecule has 0 atom stereocenters. The number of hydrogen-bond donors (Lipinski definition) is 2. The van der Waals surface area contributed by atoms with E-state index in [2.05, 4.69) is 12.2 Å². The zero-order valence-electron chi connectivity index (χ0n) is 12.7. The summed E-state index contributed by atoms with van der Waals surface area (Å²) in [7, 11) is 0. The van der Waals surface area contributed by atoms with Gasteiger partial charge >= 0.3 is 0 Å². The van der Waals surface area contributed by atoms with Crippen molar-refractivity contribution in [3.63, 3.8) is 0 Å². The highest BCUT2D eigenvalue weighted by Crippen LogP contribution is 2.32. The van der Waals surface area contributed by atoms with Crippen LogP contribution in [0.5, 0.6) is 0 Å². The molecule has 0 aromatic carbocycles. The van der Waals surface area contributed by atoms with Crippen molar-refractivity contribution in [1.29, 1.82) is 0 Å². The molecular weight excluding hydrogens is 260 g/mol. The Balaban J connectivity index is 0.00000324. The average molecular weight is 291 g/mol. The highest BCUT2D eigenvalue weighted by molar-refractivity contribution is 5.85. The van der Waals surface area contributed by atoms with Gasteiger partial charge in [-0.15, -0.1) is 12.4 Å². The van der Waals surface area contributed by atoms with Crippen molar-refractivity contribution >= 4 is 18.3 Å². The fraction of sp³-hybridized carbons (Fsp3) is 0.933. The standard InChI is InChI=1S/C15H30N2O.ClH/c1-4-5-6-12-7-9-13(10-8-12)14(18)17-15(2,3)11-16;/h12-13H,4-11,16H2,1-3H3,(H,17,18);1H. The van der Waals surface area contributed by atoms with Gasteiger partial charge in [0.05, 0.1) is 0 Å². The summed E-state index contributed by atoms with van der Waals surface area (Å²) in [5.74, 6) is 1.28. The number of carbonyl (C=O) groups excluding carboxylic acids is 1. The number of amides is 1. The maximum absolute atomic E-state index is 12.1. The van der Waals surface area contributed by atoms with Gasteiger partial charge in [0, 0.05) is 18.0 Å². The second-order valence-corrected chi connectivity index (χ2v) is 6.44. The molecule has 0 spiro atoms. The molecule has 4 heteroatoms. The van der Waals surface area contributed by atoms with Gasteiger partial charge in [0.15, 0.2) is 0 Å². The lowest BCUT2D eigenvalue weighted by Crippen LogP contribution is -2.51. The highest BCUT2D eigenvalue weighted by Gasteiger charge is 2.28. The van der Waals surface area contributed by atoms with Crippen LogP contribution in [0.1, 0.15) is 65.7 Å². The molecule has 0 aliphatic heterocycles. The van der Waals surface area contributed by atoms with Gasteiger partial charge in [-0.1, -0.05) is 26.2 Å². The van der Waals surface area contributed by atoms with Crippen LogP contribution in [0.2, 0.25) is 0 Å². The number of carbonyl (C=O) groups is 1. The van der Waals surface area contributed by atoms with E-state index in [0.717, 1.165) is 18.8 Å². The second kappa shape index (κ2) is 8.80. The zero-order valence-corrected chi connectivity index (χ0v) is 13.5. The third kappa shape index (κ3) is 6.62. The van der Waals surface area contributed by atoms with E-state index in [9.17, 15) is 4.79 Å². The van der Waals surface area contributed by atoms with E-state index in [-0.39, 0.29) is 29.8 Å². The first-order valence-corrected chi connectivity index (χ1v) is 7.50. The Labute approximate surface area is 124 Å². The molecule has 0 radical (unpaired) electrons. The minimum Gasteiger partial charge on any atom is -0.350 e. The number of halogens is 1. The summed E-state index contributed by atoms with van der Waals surface area (Å²) in [6.07, 6.45) is 8.52. The van der Waals surface area contributed by atoms with E-state index < -0.39 is 0 Å². The van der Waals surface area contributed by atoms with Crippen LogP contribution in [-0.4, -0.2) is 18.0 Å². The molecule has 1 saturated carbocycles. The molecular formula is C15H31ClN2O. The Kier molecular flexibility index (Phi) is 8.67. The van der Waals surface area contributed by atoms with E-state index >= 15 is 0 Å². The SMILES string of the molecule is CCCCC1CCC(C(=O)NC(C)(C)CN)CC1.Cl. The Morgan fingerprint density at radius 1 is 1.26 bits per heavy atom. The van der Waals surface area contributed by atoms with Crippen LogP contribution in [-0.2, 0) is 4.79 Å². The first kappa shape index (κ1) is 18.7. The molecule has 1 fully saturated rings. The third-order valence-corrected chi connectivity index (χ3v) is 4.16. The maximum Gasteiger partial charge on any atom is 0.223 e. The number of unbranched alkanes of at least 4 members (excludes halogenated alkanes) is 1. The van der Waals surface area contributed by atoms with Gasteiger partial charge in [0.2, 0.25) is 5.91 Å². The summed E-state index contributed by atoms with van der Waals surface area (Å²) in [5, 5.41) is 3.07. The van der Waals surface area contributed by atoms with E-state index in [1.54, 1.807) is 0 Å². The van der Waals surface area contributed by atoms with Gasteiger partial charge in [-0.25, -0.2) is 0 Å². The fourth-order valence-corrected chi connectivity index (χ4v) is 2.69. The zero-order chi connectivity index (χ0) is 13.6. The van der Waals surface area contributed by atoms with Crippen LogP contribution in [0.15, 0.2) is 0 Å². The predicted molar refractivity (Wildman–Crippen MR) is 83.5 cm³/mol. The lowest BCUT2D eigenvalue weighted by molar-refractivity contribution is -0.127. The van der Waals surface area contributed by atoms with Crippen molar-refractivity contribution in [2.24, 2.45) is 17.6 Å². The minimum absolute atomic E-state index is 0. The summed E-state index contributed by atoms with van der Waals surface area (Å²) in [5.41, 5.74) is 5.38. The van der Waals surface area contributed by atoms with Crippen LogP contribution >= 0.6 is 12.4 Å². The van der Waals surface area contributed by atoms with Crippen molar-refractivity contribution in [2.45, 2.75) is 71.3 Å². The molecule has 0 heterocycles. The van der Waals surface area contributed by atoms with Crippen LogP contribution < -0.4 is 11.1 Å². The molecule has 1 aliphatic carbocycles. The van der Waals surface area contributed by atoms with Crippen LogP contribution in [0.4, 0.5) is 0 Å². The van der Waals surface area contributed by atoms with E-state index in [1.807, 2.05) is 13.8 Å². The van der Waals surface area contributed by atoms with Gasteiger partial charge < -0.3 is 11.1 Å². The Hall–Kier alpha value is -0.280. The smallest absolute Gasteiger partial charge is 0.223 e. The van der Waals surface area contributed by atoms with Crippen LogP contribution in [0.3, 0.4) is 0 Å². The molecule has 1 aliphatic rings. The largest absolute Gasteiger partial charge is 0.350 e. The molecule has 19 heavy (non-hydrogen) atoms. The molecule has 0 bridgehead atoms. The number of rotatable bonds is 6. The summed E-state index contributed by atoms with van der Waals surface area (Å²) in [6, 6.07) is 0. The lowest BCUT2D eigenvalue weighted by atomic mass is 9.79. The summed E-state index contributed by atoms with van der Waals surface area (Å²) < 4.78 is 0. The summed E-state index contributed by atoms with van der Waals surface area (Å²) in [4.78, 5) is 12.1. The first-order chi connectivity index (χ1) is 8.48. The Bertz CT molecular complexity index is 261. The van der Waals surface area contributed by atoms with Gasteiger partial charge in [-0.2, -0.15) is 0 Å². The minimum atomic E-state index is -0.268. The normalized spacial score (nSPS) is 23.6. The lowest BCUT2D eigenvalue weighted by Gasteiger charge is -2.31. The van der Waals surface area contributed by atoms with Crippen molar-refractivity contribution in [2.75, 3.05) is 6.54 Å². The molecule has 3 N–H and O–H groups in total. The maximum atomic E-state index is 12.1. The van der Waals surface area contributed by atoms with Gasteiger partial charge in [-0.3, -0.25) is 4.79 Å². The van der Waals surface area contributed by atoms with E-state index in [1.165, 1.54) is 32.1 Å². The van der Waals surface area contributed by atoms with E-state index in [4.69, 9.17) is 5.73 Å². The summed E-state index contributed by atoms with van der Waals surface area (Å²) in [6.45, 7) is 6.70. The Morgan fingerprint density at radius 2 is 1.84 bits per heavy atom. The molecule has 0 saturated heterocycles. The van der Waals surface area contributed by atoms with Crippen molar-refractivity contribution in [3.05, 3.63) is 0 Å². The molecule has 1 amide bonds. The molecule has 0 aromatic heterocycles. The molecule has 0 aromatic rings. The van der Waals surface area contributed by atoms with Gasteiger partial charge in [0.25, 0.3) is 0 Å². The van der Waals surface area contributed by atoms with Crippen molar-refractivity contribution < 1.29 is 4.79 Å². The van der Waals surface area contributed by atoms with Crippen LogP contribution in [0, 0.1) is 11.8 Å². The Morgan fingerprint density at radius 3 is 2.32 bits per heavy atom. The third-order valence-electron chi connectivity index (χ3n) is 4.16. The van der Waals surface area contributed by atoms with Crippen molar-refractivity contribution in [3.8, 4) is 0 Å².